The van der Waals surface area contributed by atoms with Crippen LogP contribution in [0.5, 0.6) is 0 Å². The van der Waals surface area contributed by atoms with Gasteiger partial charge >= 0.3 is 5.97 Å². The van der Waals surface area contributed by atoms with Gasteiger partial charge in [-0.3, -0.25) is 4.79 Å². The van der Waals surface area contributed by atoms with Gasteiger partial charge in [-0.2, -0.15) is 0 Å². The summed E-state index contributed by atoms with van der Waals surface area (Å²) in [5, 5.41) is 11.7. The second-order valence-corrected chi connectivity index (χ2v) is 4.12. The van der Waals surface area contributed by atoms with E-state index in [1.807, 2.05) is 0 Å². The van der Waals surface area contributed by atoms with Crippen molar-refractivity contribution in [2.45, 2.75) is 6.04 Å². The molecule has 1 amide bonds. The Morgan fingerprint density at radius 1 is 1.47 bits per heavy atom. The molecule has 1 aromatic heterocycles. The van der Waals surface area contributed by atoms with Crippen LogP contribution in [0.25, 0.3) is 0 Å². The van der Waals surface area contributed by atoms with Crippen molar-refractivity contribution in [2.75, 3.05) is 33.1 Å². The number of carboxylic acid groups (broad SMARTS) is 1. The molecule has 0 aromatic carbocycles. The van der Waals surface area contributed by atoms with E-state index in [0.29, 0.717) is 11.4 Å². The van der Waals surface area contributed by atoms with E-state index in [0.717, 1.165) is 0 Å². The molecule has 2 N–H and O–H groups in total. The minimum Gasteiger partial charge on any atom is -0.480 e. The molecule has 0 aliphatic heterocycles. The van der Waals surface area contributed by atoms with Crippen molar-refractivity contribution in [2.24, 2.45) is 0 Å². The second-order valence-electron chi connectivity index (χ2n) is 4.12. The van der Waals surface area contributed by atoms with E-state index < -0.39 is 12.0 Å². The molecule has 0 bridgehead atoms. The molecule has 1 heterocycles. The molecule has 1 aromatic rings. The van der Waals surface area contributed by atoms with Crippen molar-refractivity contribution in [3.8, 4) is 0 Å². The quantitative estimate of drug-likeness (QED) is 0.770. The molecule has 1 rings (SSSR count). The van der Waals surface area contributed by atoms with Crippen molar-refractivity contribution in [3.05, 3.63) is 23.9 Å². The van der Waals surface area contributed by atoms with Gasteiger partial charge in [0.2, 0.25) is 0 Å². The third-order valence-electron chi connectivity index (χ3n) is 2.37. The number of anilines is 1. The van der Waals surface area contributed by atoms with E-state index in [9.17, 15) is 9.59 Å². The van der Waals surface area contributed by atoms with Crippen LogP contribution in [0.15, 0.2) is 18.3 Å². The lowest BCUT2D eigenvalue weighted by molar-refractivity contribution is -0.139. The van der Waals surface area contributed by atoms with E-state index in [-0.39, 0.29) is 12.5 Å². The molecule has 0 fully saturated rings. The Balaban J connectivity index is 2.76. The van der Waals surface area contributed by atoms with Crippen molar-refractivity contribution < 1.29 is 19.4 Å². The second kappa shape index (κ2) is 6.69. The molecule has 7 heteroatoms. The highest BCUT2D eigenvalue weighted by molar-refractivity contribution is 5.93. The van der Waals surface area contributed by atoms with Crippen LogP contribution in [-0.2, 0) is 9.53 Å². The summed E-state index contributed by atoms with van der Waals surface area (Å²) in [6.07, 6.45) is 1.40. The molecule has 0 aliphatic carbocycles. The zero-order chi connectivity index (χ0) is 14.4. The average molecular weight is 267 g/mol. The van der Waals surface area contributed by atoms with Crippen molar-refractivity contribution >= 4 is 17.7 Å². The number of nitrogens with one attached hydrogen (secondary N) is 1. The average Bonchev–Trinajstić information content (AvgIpc) is 2.38. The molecule has 0 radical (unpaired) electrons. The molecule has 7 nitrogen and oxygen atoms in total. The third-order valence-corrected chi connectivity index (χ3v) is 2.37. The van der Waals surface area contributed by atoms with E-state index in [1.54, 1.807) is 26.2 Å². The summed E-state index contributed by atoms with van der Waals surface area (Å²) in [4.78, 5) is 28.0. The first-order valence-electron chi connectivity index (χ1n) is 5.61. The molecule has 1 atom stereocenters. The standard InChI is InChI=1S/C12H17N3O4/c1-15(2)11(16)8-4-5-10(13-6-8)14-9(7-19-3)12(17)18/h4-6,9H,7H2,1-3H3,(H,13,14)(H,17,18). The van der Waals surface area contributed by atoms with E-state index >= 15 is 0 Å². The molecule has 0 spiro atoms. The van der Waals surface area contributed by atoms with Gasteiger partial charge in [-0.1, -0.05) is 0 Å². The Labute approximate surface area is 111 Å². The molecule has 0 saturated carbocycles. The molecule has 0 saturated heterocycles. The van der Waals surface area contributed by atoms with Crippen LogP contribution in [0.2, 0.25) is 0 Å². The fourth-order valence-corrected chi connectivity index (χ4v) is 1.38. The molecule has 104 valence electrons. The number of nitrogens with zero attached hydrogens (tertiary/aromatic N) is 2. The monoisotopic (exact) mass is 267 g/mol. The summed E-state index contributed by atoms with van der Waals surface area (Å²) in [7, 11) is 4.71. The van der Waals surface area contributed by atoms with Gasteiger partial charge < -0.3 is 20.1 Å². The van der Waals surface area contributed by atoms with Crippen LogP contribution in [0.1, 0.15) is 10.4 Å². The van der Waals surface area contributed by atoms with Gasteiger partial charge in [0.25, 0.3) is 5.91 Å². The predicted octanol–water partition coefficient (Wildman–Crippen LogP) is 0.295. The maximum absolute atomic E-state index is 11.6. The van der Waals surface area contributed by atoms with E-state index in [2.05, 4.69) is 10.3 Å². The SMILES string of the molecule is COCC(Nc1ccc(C(=O)N(C)C)cn1)C(=O)O. The van der Waals surface area contributed by atoms with Gasteiger partial charge in [-0.05, 0) is 12.1 Å². The first-order chi connectivity index (χ1) is 8.95. The fraction of sp³-hybridized carbons (Fsp3) is 0.417. The van der Waals surface area contributed by atoms with Gasteiger partial charge in [0.05, 0.1) is 12.2 Å². The largest absolute Gasteiger partial charge is 0.480 e. The topological polar surface area (TPSA) is 91.8 Å². The summed E-state index contributed by atoms with van der Waals surface area (Å²) in [6, 6.07) is 2.26. The number of carbonyl (C=O) groups excluding carboxylic acids is 1. The van der Waals surface area contributed by atoms with Crippen molar-refractivity contribution in [1.82, 2.24) is 9.88 Å². The Hall–Kier alpha value is -2.15. The minimum absolute atomic E-state index is 0.0232. The number of hydrogen-bond donors (Lipinski definition) is 2. The smallest absolute Gasteiger partial charge is 0.328 e. The zero-order valence-corrected chi connectivity index (χ0v) is 11.1. The number of methoxy groups -OCH3 is 1. The normalized spacial score (nSPS) is 11.7. The van der Waals surface area contributed by atoms with E-state index in [1.165, 1.54) is 18.2 Å². The van der Waals surface area contributed by atoms with Crippen LogP contribution in [0, 0.1) is 0 Å². The van der Waals surface area contributed by atoms with Gasteiger partial charge in [-0.25, -0.2) is 9.78 Å². The highest BCUT2D eigenvalue weighted by Crippen LogP contribution is 2.08. The molecular formula is C12H17N3O4. The molecule has 1 unspecified atom stereocenters. The third kappa shape index (κ3) is 4.22. The summed E-state index contributed by atoms with van der Waals surface area (Å²) in [5.41, 5.74) is 0.439. The number of pyridine rings is 1. The minimum atomic E-state index is -1.03. The maximum Gasteiger partial charge on any atom is 0.328 e. The zero-order valence-electron chi connectivity index (χ0n) is 11.1. The maximum atomic E-state index is 11.6. The molecule has 19 heavy (non-hydrogen) atoms. The Kier molecular flexibility index (Phi) is 5.25. The van der Waals surface area contributed by atoms with E-state index in [4.69, 9.17) is 9.84 Å². The van der Waals surface area contributed by atoms with Crippen LogP contribution < -0.4 is 5.32 Å². The highest BCUT2D eigenvalue weighted by atomic mass is 16.5. The molecular weight excluding hydrogens is 250 g/mol. The van der Waals surface area contributed by atoms with Crippen LogP contribution in [0.3, 0.4) is 0 Å². The number of amides is 1. The number of rotatable bonds is 6. The Morgan fingerprint density at radius 3 is 2.58 bits per heavy atom. The van der Waals surface area contributed by atoms with Gasteiger partial charge in [0, 0.05) is 27.4 Å². The number of hydrogen-bond acceptors (Lipinski definition) is 5. The highest BCUT2D eigenvalue weighted by Gasteiger charge is 2.17. The number of ether oxygens (including phenoxy) is 1. The summed E-state index contributed by atoms with van der Waals surface area (Å²) in [5.74, 6) is -0.817. The Bertz CT molecular complexity index is 445. The van der Waals surface area contributed by atoms with Crippen molar-refractivity contribution in [1.29, 1.82) is 0 Å². The van der Waals surface area contributed by atoms with Gasteiger partial charge in [0.1, 0.15) is 11.9 Å². The lowest BCUT2D eigenvalue weighted by Gasteiger charge is -2.14. The number of carbonyl (C=O) groups is 2. The number of aromatic nitrogens is 1. The first-order valence-corrected chi connectivity index (χ1v) is 5.61. The lowest BCUT2D eigenvalue weighted by Crippen LogP contribution is -2.34. The lowest BCUT2D eigenvalue weighted by atomic mass is 10.2. The van der Waals surface area contributed by atoms with Crippen molar-refractivity contribution in [3.63, 3.8) is 0 Å². The van der Waals surface area contributed by atoms with Gasteiger partial charge in [0.15, 0.2) is 0 Å². The summed E-state index contributed by atoms with van der Waals surface area (Å²) in [6.45, 7) is 0.0232. The summed E-state index contributed by atoms with van der Waals surface area (Å²) < 4.78 is 4.80. The van der Waals surface area contributed by atoms with Gasteiger partial charge in [-0.15, -0.1) is 0 Å². The predicted molar refractivity (Wildman–Crippen MR) is 69.2 cm³/mol. The van der Waals surface area contributed by atoms with Crippen LogP contribution in [-0.4, -0.2) is 60.7 Å². The summed E-state index contributed by atoms with van der Waals surface area (Å²) >= 11 is 0. The number of aliphatic carboxylic acids is 1. The number of carboxylic acids is 1. The fourth-order valence-electron chi connectivity index (χ4n) is 1.38. The first kappa shape index (κ1) is 14.9. The van der Waals surface area contributed by atoms with Crippen LogP contribution in [0.4, 0.5) is 5.82 Å². The Morgan fingerprint density at radius 2 is 2.16 bits per heavy atom. The molecule has 0 aliphatic rings. The van der Waals surface area contributed by atoms with Crippen LogP contribution >= 0.6 is 0 Å².